The van der Waals surface area contributed by atoms with Crippen molar-refractivity contribution in [2.24, 2.45) is 5.41 Å². The first-order valence-electron chi connectivity index (χ1n) is 9.92. The molecule has 1 aromatic heterocycles. The molecule has 4 rings (SSSR count). The fourth-order valence-corrected chi connectivity index (χ4v) is 4.97. The summed E-state index contributed by atoms with van der Waals surface area (Å²) in [6.45, 7) is 2.29. The molecule has 1 atom stereocenters. The number of aliphatic hydroxyl groups excluding tert-OH is 1. The quantitative estimate of drug-likeness (QED) is 0.840. The molecule has 7 heteroatoms. The number of amides is 1. The van der Waals surface area contributed by atoms with Crippen molar-refractivity contribution in [3.8, 4) is 0 Å². The number of carbonyl (C=O) groups is 2. The van der Waals surface area contributed by atoms with Crippen LogP contribution in [0.1, 0.15) is 55.3 Å². The third kappa shape index (κ3) is 3.40. The first-order chi connectivity index (χ1) is 13.0. The molecule has 1 spiro atoms. The Morgan fingerprint density at radius 2 is 1.93 bits per heavy atom. The number of pyridine rings is 1. The predicted molar refractivity (Wildman–Crippen MR) is 99.7 cm³/mol. The van der Waals surface area contributed by atoms with Crippen LogP contribution in [-0.2, 0) is 4.79 Å². The van der Waals surface area contributed by atoms with E-state index in [-0.39, 0.29) is 29.0 Å². The number of aromatic carboxylic acids is 1. The molecule has 3 fully saturated rings. The lowest BCUT2D eigenvalue weighted by atomic mass is 9.78. The van der Waals surface area contributed by atoms with Crippen LogP contribution in [0, 0.1) is 5.41 Å². The number of hydrogen-bond donors (Lipinski definition) is 2. The van der Waals surface area contributed by atoms with Gasteiger partial charge < -0.3 is 20.0 Å². The van der Waals surface area contributed by atoms with Gasteiger partial charge in [-0.2, -0.15) is 0 Å². The van der Waals surface area contributed by atoms with Crippen LogP contribution in [0.4, 0.5) is 5.82 Å². The van der Waals surface area contributed by atoms with Crippen LogP contribution in [0.2, 0.25) is 0 Å². The number of hydrogen-bond acceptors (Lipinski definition) is 5. The largest absolute Gasteiger partial charge is 0.478 e. The number of aliphatic hydroxyl groups is 1. The molecule has 0 aromatic carbocycles. The topological polar surface area (TPSA) is 94.0 Å². The van der Waals surface area contributed by atoms with Crippen molar-refractivity contribution >= 4 is 17.7 Å². The van der Waals surface area contributed by atoms with Crippen LogP contribution in [-0.4, -0.2) is 63.8 Å². The molecule has 3 heterocycles. The highest BCUT2D eigenvalue weighted by Crippen LogP contribution is 2.43. The molecule has 146 valence electrons. The molecule has 1 unspecified atom stereocenters. The Labute approximate surface area is 159 Å². The Bertz CT molecular complexity index is 714. The van der Waals surface area contributed by atoms with Gasteiger partial charge in [-0.1, -0.05) is 0 Å². The lowest BCUT2D eigenvalue weighted by Gasteiger charge is -2.41. The van der Waals surface area contributed by atoms with Crippen molar-refractivity contribution in [3.05, 3.63) is 23.9 Å². The van der Waals surface area contributed by atoms with Gasteiger partial charge in [0.2, 0.25) is 5.91 Å². The number of rotatable bonds is 3. The van der Waals surface area contributed by atoms with Gasteiger partial charge in [0.15, 0.2) is 0 Å². The minimum atomic E-state index is -0.983. The first-order valence-corrected chi connectivity index (χ1v) is 9.92. The number of carboxylic acids is 1. The van der Waals surface area contributed by atoms with Crippen LogP contribution in [0.5, 0.6) is 0 Å². The summed E-state index contributed by atoms with van der Waals surface area (Å²) in [7, 11) is 0. The van der Waals surface area contributed by atoms with E-state index in [9.17, 15) is 14.7 Å². The number of carboxylic acid groups (broad SMARTS) is 1. The van der Waals surface area contributed by atoms with Gasteiger partial charge in [0.25, 0.3) is 0 Å². The van der Waals surface area contributed by atoms with E-state index >= 15 is 0 Å². The molecule has 2 saturated heterocycles. The van der Waals surface area contributed by atoms with E-state index in [1.165, 1.54) is 6.20 Å². The number of aromatic nitrogens is 1. The molecule has 2 N–H and O–H groups in total. The summed E-state index contributed by atoms with van der Waals surface area (Å²) in [6, 6.07) is 3.58. The van der Waals surface area contributed by atoms with Gasteiger partial charge in [-0.25, -0.2) is 9.78 Å². The van der Waals surface area contributed by atoms with E-state index in [1.54, 1.807) is 12.1 Å². The zero-order valence-electron chi connectivity index (χ0n) is 15.5. The SMILES string of the molecule is O=C(O)c1ccc(N2CCCC3(CCN(C4CCC(O)CC4)C3=O)C2)nc1. The fraction of sp³-hybridized carbons (Fsp3) is 0.650. The lowest BCUT2D eigenvalue weighted by Crippen LogP contribution is -2.50. The highest BCUT2D eigenvalue weighted by molar-refractivity contribution is 5.87. The van der Waals surface area contributed by atoms with Gasteiger partial charge in [0, 0.05) is 31.9 Å². The number of likely N-dealkylation sites (tertiary alicyclic amines) is 1. The smallest absolute Gasteiger partial charge is 0.337 e. The molecule has 3 aliphatic rings. The summed E-state index contributed by atoms with van der Waals surface area (Å²) in [5, 5.41) is 18.8. The molecule has 1 aromatic rings. The van der Waals surface area contributed by atoms with Crippen LogP contribution in [0.3, 0.4) is 0 Å². The van der Waals surface area contributed by atoms with Crippen molar-refractivity contribution in [2.75, 3.05) is 24.5 Å². The molecule has 7 nitrogen and oxygen atoms in total. The average molecular weight is 373 g/mol. The summed E-state index contributed by atoms with van der Waals surface area (Å²) in [5.74, 6) is 0.0187. The Hall–Kier alpha value is -2.15. The summed E-state index contributed by atoms with van der Waals surface area (Å²) in [6.07, 6.45) is 7.24. The maximum Gasteiger partial charge on any atom is 0.337 e. The molecular weight excluding hydrogens is 346 g/mol. The second-order valence-corrected chi connectivity index (χ2v) is 8.23. The van der Waals surface area contributed by atoms with Gasteiger partial charge in [-0.05, 0) is 57.1 Å². The van der Waals surface area contributed by atoms with Gasteiger partial charge in [0.05, 0.1) is 17.1 Å². The molecular formula is C20H27N3O4. The Balaban J connectivity index is 1.47. The minimum absolute atomic E-state index is 0.174. The number of piperidine rings is 1. The van der Waals surface area contributed by atoms with E-state index in [1.807, 2.05) is 0 Å². The zero-order chi connectivity index (χ0) is 19.0. The maximum atomic E-state index is 13.3. The van der Waals surface area contributed by atoms with Crippen LogP contribution in [0.15, 0.2) is 18.3 Å². The zero-order valence-corrected chi connectivity index (χ0v) is 15.5. The van der Waals surface area contributed by atoms with E-state index in [0.717, 1.165) is 63.9 Å². The molecule has 27 heavy (non-hydrogen) atoms. The van der Waals surface area contributed by atoms with Gasteiger partial charge >= 0.3 is 5.97 Å². The Morgan fingerprint density at radius 3 is 2.59 bits per heavy atom. The second kappa shape index (κ2) is 7.11. The average Bonchev–Trinajstić information content (AvgIpc) is 2.98. The molecule has 0 radical (unpaired) electrons. The molecule has 1 amide bonds. The van der Waals surface area contributed by atoms with Crippen LogP contribution in [0.25, 0.3) is 0 Å². The first kappa shape index (κ1) is 18.2. The predicted octanol–water partition coefficient (Wildman–Crippen LogP) is 1.90. The summed E-state index contributed by atoms with van der Waals surface area (Å²) in [4.78, 5) is 32.8. The minimum Gasteiger partial charge on any atom is -0.478 e. The highest BCUT2D eigenvalue weighted by atomic mass is 16.4. The van der Waals surface area contributed by atoms with E-state index in [2.05, 4.69) is 14.8 Å². The Morgan fingerprint density at radius 1 is 1.15 bits per heavy atom. The molecule has 1 saturated carbocycles. The lowest BCUT2D eigenvalue weighted by molar-refractivity contribution is -0.139. The van der Waals surface area contributed by atoms with E-state index in [0.29, 0.717) is 6.54 Å². The van der Waals surface area contributed by atoms with Crippen molar-refractivity contribution < 1.29 is 19.8 Å². The number of anilines is 1. The normalized spacial score (nSPS) is 31.5. The van der Waals surface area contributed by atoms with Gasteiger partial charge in [-0.3, -0.25) is 4.79 Å². The maximum absolute atomic E-state index is 13.3. The van der Waals surface area contributed by atoms with E-state index in [4.69, 9.17) is 5.11 Å². The third-order valence-corrected chi connectivity index (χ3v) is 6.55. The van der Waals surface area contributed by atoms with Gasteiger partial charge in [0.1, 0.15) is 5.82 Å². The monoisotopic (exact) mass is 373 g/mol. The number of nitrogens with zero attached hydrogens (tertiary/aromatic N) is 3. The van der Waals surface area contributed by atoms with E-state index < -0.39 is 5.97 Å². The van der Waals surface area contributed by atoms with Crippen molar-refractivity contribution in [3.63, 3.8) is 0 Å². The number of carbonyl (C=O) groups excluding carboxylic acids is 1. The van der Waals surface area contributed by atoms with Crippen molar-refractivity contribution in [1.29, 1.82) is 0 Å². The molecule has 0 bridgehead atoms. The molecule has 2 aliphatic heterocycles. The standard InChI is InChI=1S/C20H27N3O4/c24-16-5-3-15(4-6-16)23-11-9-20(19(23)27)8-1-10-22(13-20)17-7-2-14(12-21-17)18(25)26/h2,7,12,15-16,24H,1,3-6,8-11,13H2,(H,25,26). The van der Waals surface area contributed by atoms with Gasteiger partial charge in [-0.15, -0.1) is 0 Å². The van der Waals surface area contributed by atoms with Crippen molar-refractivity contribution in [1.82, 2.24) is 9.88 Å². The van der Waals surface area contributed by atoms with Crippen molar-refractivity contribution in [2.45, 2.75) is 57.1 Å². The Kier molecular flexibility index (Phi) is 4.80. The summed E-state index contributed by atoms with van der Waals surface area (Å²) in [5.41, 5.74) is -0.172. The second-order valence-electron chi connectivity index (χ2n) is 8.23. The molecule has 1 aliphatic carbocycles. The third-order valence-electron chi connectivity index (χ3n) is 6.55. The highest BCUT2D eigenvalue weighted by Gasteiger charge is 2.50. The fourth-order valence-electron chi connectivity index (χ4n) is 4.97. The van der Waals surface area contributed by atoms with Crippen LogP contribution >= 0.6 is 0 Å². The summed E-state index contributed by atoms with van der Waals surface area (Å²) >= 11 is 0. The summed E-state index contributed by atoms with van der Waals surface area (Å²) < 4.78 is 0. The van der Waals surface area contributed by atoms with Crippen LogP contribution < -0.4 is 4.90 Å².